The van der Waals surface area contributed by atoms with Crippen LogP contribution in [0.15, 0.2) is 24.3 Å². The number of ether oxygens (including phenoxy) is 1. The number of carbonyl (C=O) groups excluding carboxylic acids is 1. The first-order chi connectivity index (χ1) is 9.54. The van der Waals surface area contributed by atoms with E-state index in [-0.39, 0.29) is 11.7 Å². The summed E-state index contributed by atoms with van der Waals surface area (Å²) in [5.41, 5.74) is 0.582. The number of rotatable bonds is 8. The van der Waals surface area contributed by atoms with Gasteiger partial charge in [0.2, 0.25) is 5.91 Å². The van der Waals surface area contributed by atoms with Gasteiger partial charge in [-0.25, -0.2) is 4.39 Å². The molecule has 2 atom stereocenters. The maximum atomic E-state index is 12.8. The van der Waals surface area contributed by atoms with Crippen LogP contribution in [0, 0.1) is 5.82 Å². The Morgan fingerprint density at radius 1 is 1.35 bits per heavy atom. The zero-order valence-corrected chi connectivity index (χ0v) is 11.9. The van der Waals surface area contributed by atoms with Gasteiger partial charge in [-0.1, -0.05) is 12.1 Å². The van der Waals surface area contributed by atoms with Crippen molar-refractivity contribution in [2.45, 2.75) is 38.3 Å². The first kappa shape index (κ1) is 16.6. The average molecular weight is 283 g/mol. The van der Waals surface area contributed by atoms with Crippen LogP contribution < -0.4 is 5.32 Å². The highest BCUT2D eigenvalue weighted by Gasteiger charge is 2.18. The number of hydrogen-bond acceptors (Lipinski definition) is 3. The van der Waals surface area contributed by atoms with Crippen LogP contribution in [-0.2, 0) is 9.53 Å². The van der Waals surface area contributed by atoms with Gasteiger partial charge in [-0.3, -0.25) is 4.79 Å². The van der Waals surface area contributed by atoms with Crippen LogP contribution in [0.1, 0.15) is 37.9 Å². The minimum atomic E-state index is -0.849. The summed E-state index contributed by atoms with van der Waals surface area (Å²) in [5, 5.41) is 12.8. The van der Waals surface area contributed by atoms with Crippen LogP contribution in [0.2, 0.25) is 0 Å². The minimum absolute atomic E-state index is 0.102. The molecule has 0 aliphatic rings. The van der Waals surface area contributed by atoms with Crippen molar-refractivity contribution in [3.8, 4) is 0 Å². The molecule has 1 aromatic carbocycles. The smallest absolute Gasteiger partial charge is 0.220 e. The molecule has 0 fully saturated rings. The molecule has 20 heavy (non-hydrogen) atoms. The number of nitrogens with one attached hydrogen (secondary N) is 1. The Bertz CT molecular complexity index is 408. The van der Waals surface area contributed by atoms with Crippen molar-refractivity contribution in [1.29, 1.82) is 0 Å². The van der Waals surface area contributed by atoms with Crippen molar-refractivity contribution >= 4 is 5.91 Å². The number of unbranched alkanes of at least 4 members (excludes halogenated alkanes) is 1. The van der Waals surface area contributed by atoms with Crippen LogP contribution in [-0.4, -0.2) is 30.8 Å². The van der Waals surface area contributed by atoms with Gasteiger partial charge in [-0.05, 0) is 37.5 Å². The molecule has 2 N–H and O–H groups in total. The molecule has 4 nitrogen and oxygen atoms in total. The number of carbonyl (C=O) groups is 1. The Labute approximate surface area is 119 Å². The largest absolute Gasteiger partial charge is 0.386 e. The van der Waals surface area contributed by atoms with Crippen molar-refractivity contribution in [3.05, 3.63) is 35.6 Å². The number of methoxy groups -OCH3 is 1. The predicted octanol–water partition coefficient (Wildman–Crippen LogP) is 2.18. The lowest BCUT2D eigenvalue weighted by Crippen LogP contribution is -2.36. The molecule has 2 unspecified atom stereocenters. The molecule has 1 aromatic rings. The Hall–Kier alpha value is -1.46. The molecule has 0 spiro atoms. The molecule has 0 aromatic heterocycles. The number of aliphatic hydroxyl groups is 1. The lowest BCUT2D eigenvalue weighted by Gasteiger charge is -2.20. The summed E-state index contributed by atoms with van der Waals surface area (Å²) in [6.07, 6.45) is 1.14. The Kier molecular flexibility index (Phi) is 7.18. The lowest BCUT2D eigenvalue weighted by atomic mass is 10.0. The summed E-state index contributed by atoms with van der Waals surface area (Å²) in [7, 11) is 1.63. The first-order valence-corrected chi connectivity index (χ1v) is 6.76. The lowest BCUT2D eigenvalue weighted by molar-refractivity contribution is -0.122. The van der Waals surface area contributed by atoms with Crippen LogP contribution in [0.5, 0.6) is 0 Å². The third-order valence-corrected chi connectivity index (χ3v) is 3.08. The SMILES string of the molecule is COCCCCC(=O)NC(C)C(O)c1ccc(F)cc1. The molecule has 0 radical (unpaired) electrons. The van der Waals surface area contributed by atoms with E-state index in [1.165, 1.54) is 24.3 Å². The van der Waals surface area contributed by atoms with E-state index >= 15 is 0 Å². The van der Waals surface area contributed by atoms with Gasteiger partial charge >= 0.3 is 0 Å². The van der Waals surface area contributed by atoms with Gasteiger partial charge in [0.25, 0.3) is 0 Å². The summed E-state index contributed by atoms with van der Waals surface area (Å²) in [5.74, 6) is -0.453. The summed E-state index contributed by atoms with van der Waals surface area (Å²) in [4.78, 5) is 11.7. The molecule has 1 amide bonds. The summed E-state index contributed by atoms with van der Waals surface area (Å²) < 4.78 is 17.7. The van der Waals surface area contributed by atoms with Crippen molar-refractivity contribution in [3.63, 3.8) is 0 Å². The molecule has 5 heteroatoms. The van der Waals surface area contributed by atoms with Gasteiger partial charge in [-0.15, -0.1) is 0 Å². The van der Waals surface area contributed by atoms with Crippen LogP contribution in [0.4, 0.5) is 4.39 Å². The number of halogens is 1. The predicted molar refractivity (Wildman–Crippen MR) is 74.7 cm³/mol. The topological polar surface area (TPSA) is 58.6 Å². The minimum Gasteiger partial charge on any atom is -0.386 e. The second-order valence-electron chi connectivity index (χ2n) is 4.80. The maximum Gasteiger partial charge on any atom is 0.220 e. The average Bonchev–Trinajstić information content (AvgIpc) is 2.43. The van der Waals surface area contributed by atoms with Crippen molar-refractivity contribution in [1.82, 2.24) is 5.32 Å². The Morgan fingerprint density at radius 3 is 2.60 bits per heavy atom. The fourth-order valence-electron chi connectivity index (χ4n) is 1.89. The number of amides is 1. The second kappa shape index (κ2) is 8.66. The third kappa shape index (κ3) is 5.67. The monoisotopic (exact) mass is 283 g/mol. The maximum absolute atomic E-state index is 12.8. The van der Waals surface area contributed by atoms with E-state index in [1.54, 1.807) is 14.0 Å². The fraction of sp³-hybridized carbons (Fsp3) is 0.533. The summed E-state index contributed by atoms with van der Waals surface area (Å²) in [6, 6.07) is 5.19. The highest BCUT2D eigenvalue weighted by molar-refractivity contribution is 5.76. The Balaban J connectivity index is 2.39. The Morgan fingerprint density at radius 2 is 2.00 bits per heavy atom. The number of benzene rings is 1. The van der Waals surface area contributed by atoms with E-state index in [9.17, 15) is 14.3 Å². The van der Waals surface area contributed by atoms with Crippen molar-refractivity contribution in [2.75, 3.05) is 13.7 Å². The quantitative estimate of drug-likeness (QED) is 0.719. The van der Waals surface area contributed by atoms with Gasteiger partial charge in [0.05, 0.1) is 12.1 Å². The van der Waals surface area contributed by atoms with E-state index in [4.69, 9.17) is 4.74 Å². The van der Waals surface area contributed by atoms with Crippen LogP contribution in [0.3, 0.4) is 0 Å². The number of aliphatic hydroxyl groups excluding tert-OH is 1. The summed E-state index contributed by atoms with van der Waals surface area (Å²) >= 11 is 0. The standard InChI is InChI=1S/C15H22FNO3/c1-11(17-14(18)5-3-4-10-20-2)15(19)12-6-8-13(16)9-7-12/h6-9,11,15,19H,3-5,10H2,1-2H3,(H,17,18). The molecular formula is C15H22FNO3. The molecule has 0 aliphatic carbocycles. The van der Waals surface area contributed by atoms with Crippen LogP contribution >= 0.6 is 0 Å². The van der Waals surface area contributed by atoms with Gasteiger partial charge in [0.15, 0.2) is 0 Å². The highest BCUT2D eigenvalue weighted by Crippen LogP contribution is 2.17. The molecule has 0 saturated carbocycles. The first-order valence-electron chi connectivity index (χ1n) is 6.76. The van der Waals surface area contributed by atoms with Gasteiger partial charge in [-0.2, -0.15) is 0 Å². The normalized spacial score (nSPS) is 13.8. The van der Waals surface area contributed by atoms with Gasteiger partial charge < -0.3 is 15.2 Å². The van der Waals surface area contributed by atoms with E-state index < -0.39 is 12.1 Å². The van der Waals surface area contributed by atoms with E-state index in [0.29, 0.717) is 18.6 Å². The molecule has 0 heterocycles. The fourth-order valence-corrected chi connectivity index (χ4v) is 1.89. The van der Waals surface area contributed by atoms with Crippen molar-refractivity contribution < 1.29 is 19.0 Å². The van der Waals surface area contributed by atoms with Crippen LogP contribution in [0.25, 0.3) is 0 Å². The third-order valence-electron chi connectivity index (χ3n) is 3.08. The molecular weight excluding hydrogens is 261 g/mol. The van der Waals surface area contributed by atoms with Gasteiger partial charge in [0, 0.05) is 20.1 Å². The molecule has 0 saturated heterocycles. The second-order valence-corrected chi connectivity index (χ2v) is 4.80. The molecule has 112 valence electrons. The highest BCUT2D eigenvalue weighted by atomic mass is 19.1. The van der Waals surface area contributed by atoms with Gasteiger partial charge in [0.1, 0.15) is 5.82 Å². The molecule has 0 bridgehead atoms. The number of hydrogen-bond donors (Lipinski definition) is 2. The van der Waals surface area contributed by atoms with E-state index in [2.05, 4.69) is 5.32 Å². The van der Waals surface area contributed by atoms with Crippen molar-refractivity contribution in [2.24, 2.45) is 0 Å². The van der Waals surface area contributed by atoms with E-state index in [0.717, 1.165) is 12.8 Å². The summed E-state index contributed by atoms with van der Waals surface area (Å²) in [6.45, 7) is 2.36. The van der Waals surface area contributed by atoms with E-state index in [1.807, 2.05) is 0 Å². The molecule has 1 rings (SSSR count). The zero-order chi connectivity index (χ0) is 15.0. The zero-order valence-electron chi connectivity index (χ0n) is 11.9. The molecule has 0 aliphatic heterocycles.